The molecule has 1 aliphatic heterocycles. The second kappa shape index (κ2) is 6.48. The van der Waals surface area contributed by atoms with Crippen LogP contribution in [0.15, 0.2) is 48.5 Å². The number of hydrogen-bond acceptors (Lipinski definition) is 2. The molecule has 0 aromatic heterocycles. The fraction of sp³-hybridized carbons (Fsp3) is 0.294. The molecule has 2 aromatic rings. The van der Waals surface area contributed by atoms with Crippen LogP contribution < -0.4 is 9.80 Å². The van der Waals surface area contributed by atoms with Gasteiger partial charge in [-0.05, 0) is 29.8 Å². The van der Waals surface area contributed by atoms with E-state index in [1.165, 1.54) is 5.69 Å². The lowest BCUT2D eigenvalue weighted by atomic mass is 10.1. The Kier molecular flexibility index (Phi) is 4.44. The molecule has 0 saturated carbocycles. The Morgan fingerprint density at radius 1 is 0.905 bits per heavy atom. The first kappa shape index (κ1) is 14.4. The number of halogens is 2. The van der Waals surface area contributed by atoms with Crippen LogP contribution >= 0.6 is 15.9 Å². The predicted octanol–water partition coefficient (Wildman–Crippen LogP) is 4.05. The van der Waals surface area contributed by atoms with Crippen LogP contribution in [0.4, 0.5) is 15.8 Å². The molecule has 0 bridgehead atoms. The topological polar surface area (TPSA) is 6.48 Å². The SMILES string of the molecule is Fc1cc(CBr)ccc1N1CCN(c2ccccc2)CC1. The number of rotatable bonds is 3. The van der Waals surface area contributed by atoms with Gasteiger partial charge in [0.15, 0.2) is 0 Å². The molecule has 1 saturated heterocycles. The van der Waals surface area contributed by atoms with Crippen LogP contribution in [0, 0.1) is 5.82 Å². The van der Waals surface area contributed by atoms with Gasteiger partial charge in [-0.3, -0.25) is 0 Å². The summed E-state index contributed by atoms with van der Waals surface area (Å²) in [6.07, 6.45) is 0. The molecule has 0 aliphatic carbocycles. The maximum atomic E-state index is 14.2. The maximum absolute atomic E-state index is 14.2. The molecule has 1 aliphatic rings. The third-order valence-corrected chi connectivity index (χ3v) is 4.56. The lowest BCUT2D eigenvalue weighted by Gasteiger charge is -2.37. The average molecular weight is 349 g/mol. The average Bonchev–Trinajstić information content (AvgIpc) is 2.56. The van der Waals surface area contributed by atoms with Crippen molar-refractivity contribution in [3.8, 4) is 0 Å². The summed E-state index contributed by atoms with van der Waals surface area (Å²) in [4.78, 5) is 4.48. The smallest absolute Gasteiger partial charge is 0.146 e. The van der Waals surface area contributed by atoms with Crippen LogP contribution in [0.3, 0.4) is 0 Å². The molecule has 1 fully saturated rings. The second-order valence-corrected chi connectivity index (χ2v) is 5.79. The van der Waals surface area contributed by atoms with Crippen molar-refractivity contribution in [1.82, 2.24) is 0 Å². The standard InChI is InChI=1S/C17H18BrFN2/c18-13-14-6-7-17(16(19)12-14)21-10-8-20(9-11-21)15-4-2-1-3-5-15/h1-7,12H,8-11,13H2. The highest BCUT2D eigenvalue weighted by atomic mass is 79.9. The highest BCUT2D eigenvalue weighted by Crippen LogP contribution is 2.24. The molecule has 110 valence electrons. The Morgan fingerprint density at radius 2 is 1.57 bits per heavy atom. The zero-order chi connectivity index (χ0) is 14.7. The summed E-state index contributed by atoms with van der Waals surface area (Å²) in [5.74, 6) is -0.125. The van der Waals surface area contributed by atoms with Crippen molar-refractivity contribution in [3.05, 3.63) is 59.9 Å². The summed E-state index contributed by atoms with van der Waals surface area (Å²) < 4.78 is 14.2. The van der Waals surface area contributed by atoms with Gasteiger partial charge in [-0.1, -0.05) is 40.2 Å². The first-order chi connectivity index (χ1) is 10.3. The number of para-hydroxylation sites is 1. The molecule has 0 amide bonds. The molecule has 0 unspecified atom stereocenters. The van der Waals surface area contributed by atoms with E-state index >= 15 is 0 Å². The monoisotopic (exact) mass is 348 g/mol. The van der Waals surface area contributed by atoms with Gasteiger partial charge in [0, 0.05) is 37.2 Å². The van der Waals surface area contributed by atoms with E-state index in [0.29, 0.717) is 11.0 Å². The Morgan fingerprint density at radius 3 is 2.19 bits per heavy atom. The van der Waals surface area contributed by atoms with E-state index in [9.17, 15) is 4.39 Å². The minimum absolute atomic E-state index is 0.125. The number of piperazine rings is 1. The van der Waals surface area contributed by atoms with Gasteiger partial charge in [0.25, 0.3) is 0 Å². The fourth-order valence-corrected chi connectivity index (χ4v) is 3.08. The van der Waals surface area contributed by atoms with Gasteiger partial charge >= 0.3 is 0 Å². The molecule has 3 rings (SSSR count). The molecule has 0 spiro atoms. The fourth-order valence-electron chi connectivity index (χ4n) is 2.73. The number of hydrogen-bond donors (Lipinski definition) is 0. The van der Waals surface area contributed by atoms with E-state index < -0.39 is 0 Å². The summed E-state index contributed by atoms with van der Waals surface area (Å²) >= 11 is 3.36. The van der Waals surface area contributed by atoms with Crippen molar-refractivity contribution in [3.63, 3.8) is 0 Å². The highest BCUT2D eigenvalue weighted by Gasteiger charge is 2.19. The molecule has 0 radical (unpaired) electrons. The van der Waals surface area contributed by atoms with Crippen molar-refractivity contribution >= 4 is 27.3 Å². The summed E-state index contributed by atoms with van der Waals surface area (Å²) in [5.41, 5.74) is 2.93. The summed E-state index contributed by atoms with van der Waals surface area (Å²) in [5, 5.41) is 0.686. The van der Waals surface area contributed by atoms with Gasteiger partial charge < -0.3 is 9.80 Å². The quantitative estimate of drug-likeness (QED) is 0.772. The number of alkyl halides is 1. The van der Waals surface area contributed by atoms with Gasteiger partial charge in [0.05, 0.1) is 5.69 Å². The van der Waals surface area contributed by atoms with Gasteiger partial charge in [-0.2, -0.15) is 0 Å². The Hall–Kier alpha value is -1.55. The number of nitrogens with zero attached hydrogens (tertiary/aromatic N) is 2. The van der Waals surface area contributed by atoms with Crippen molar-refractivity contribution < 1.29 is 4.39 Å². The second-order valence-electron chi connectivity index (χ2n) is 5.23. The number of anilines is 2. The largest absolute Gasteiger partial charge is 0.368 e. The van der Waals surface area contributed by atoms with Gasteiger partial charge in [-0.15, -0.1) is 0 Å². The third-order valence-electron chi connectivity index (χ3n) is 3.91. The van der Waals surface area contributed by atoms with E-state index in [1.54, 1.807) is 6.07 Å². The first-order valence-corrected chi connectivity index (χ1v) is 8.29. The molecule has 0 N–H and O–H groups in total. The Labute approximate surface area is 133 Å². The van der Waals surface area contributed by atoms with E-state index in [1.807, 2.05) is 18.2 Å². The highest BCUT2D eigenvalue weighted by molar-refractivity contribution is 9.08. The maximum Gasteiger partial charge on any atom is 0.146 e. The molecule has 2 nitrogen and oxygen atoms in total. The lowest BCUT2D eigenvalue weighted by Crippen LogP contribution is -2.46. The minimum Gasteiger partial charge on any atom is -0.368 e. The van der Waals surface area contributed by atoms with Crippen LogP contribution in [0.25, 0.3) is 0 Å². The Bertz CT molecular complexity index is 595. The summed E-state index contributed by atoms with van der Waals surface area (Å²) in [6.45, 7) is 3.53. The van der Waals surface area contributed by atoms with Crippen molar-refractivity contribution in [1.29, 1.82) is 0 Å². The predicted molar refractivity (Wildman–Crippen MR) is 89.9 cm³/mol. The lowest BCUT2D eigenvalue weighted by molar-refractivity contribution is 0.597. The van der Waals surface area contributed by atoms with E-state index in [2.05, 4.69) is 50.0 Å². The summed E-state index contributed by atoms with van der Waals surface area (Å²) in [6, 6.07) is 15.9. The van der Waals surface area contributed by atoms with Crippen molar-refractivity contribution in [2.75, 3.05) is 36.0 Å². The molecular formula is C17H18BrFN2. The van der Waals surface area contributed by atoms with E-state index in [0.717, 1.165) is 31.7 Å². The summed E-state index contributed by atoms with van der Waals surface area (Å²) in [7, 11) is 0. The van der Waals surface area contributed by atoms with Crippen molar-refractivity contribution in [2.24, 2.45) is 0 Å². The van der Waals surface area contributed by atoms with Gasteiger partial charge in [-0.25, -0.2) is 4.39 Å². The first-order valence-electron chi connectivity index (χ1n) is 7.17. The van der Waals surface area contributed by atoms with E-state index in [-0.39, 0.29) is 5.82 Å². The van der Waals surface area contributed by atoms with E-state index in [4.69, 9.17) is 0 Å². The Balaban J connectivity index is 1.68. The van der Waals surface area contributed by atoms with Gasteiger partial charge in [0.2, 0.25) is 0 Å². The van der Waals surface area contributed by atoms with Gasteiger partial charge in [0.1, 0.15) is 5.82 Å². The zero-order valence-electron chi connectivity index (χ0n) is 11.8. The normalized spacial score (nSPS) is 15.3. The molecule has 4 heteroatoms. The molecule has 0 atom stereocenters. The van der Waals surface area contributed by atoms with Crippen LogP contribution in [0.1, 0.15) is 5.56 Å². The van der Waals surface area contributed by atoms with Crippen LogP contribution in [-0.4, -0.2) is 26.2 Å². The number of benzene rings is 2. The molecular weight excluding hydrogens is 331 g/mol. The van der Waals surface area contributed by atoms with Crippen molar-refractivity contribution in [2.45, 2.75) is 5.33 Å². The molecule has 2 aromatic carbocycles. The molecule has 1 heterocycles. The molecule has 21 heavy (non-hydrogen) atoms. The van der Waals surface area contributed by atoms with Crippen LogP contribution in [-0.2, 0) is 5.33 Å². The minimum atomic E-state index is -0.125. The third kappa shape index (κ3) is 3.21. The van der Waals surface area contributed by atoms with Crippen LogP contribution in [0.5, 0.6) is 0 Å². The zero-order valence-corrected chi connectivity index (χ0v) is 13.4. The van der Waals surface area contributed by atoms with Crippen LogP contribution in [0.2, 0.25) is 0 Å².